The second kappa shape index (κ2) is 10.8. The Kier molecular flexibility index (Phi) is 9.79. The second-order valence-electron chi connectivity index (χ2n) is 4.41. The van der Waals surface area contributed by atoms with Gasteiger partial charge in [-0.05, 0) is 24.3 Å². The van der Waals surface area contributed by atoms with Crippen LogP contribution in [-0.2, 0) is 0 Å². The van der Waals surface area contributed by atoms with Gasteiger partial charge in [0.1, 0.15) is 0 Å². The zero-order chi connectivity index (χ0) is 16.3. The number of nitrogens with one attached hydrogen (secondary N) is 1. The van der Waals surface area contributed by atoms with Crippen LogP contribution in [0.4, 0.5) is 5.69 Å². The van der Waals surface area contributed by atoms with E-state index in [0.717, 1.165) is 5.01 Å². The normalized spacial score (nSPS) is 9.29. The average Bonchev–Trinajstić information content (AvgIpc) is 2.44. The highest BCUT2D eigenvalue weighted by Crippen LogP contribution is 2.17. The molecule has 0 aliphatic rings. The Morgan fingerprint density at radius 1 is 1.10 bits per heavy atom. The largest absolute Gasteiger partial charge is 0.369 e. The summed E-state index contributed by atoms with van der Waals surface area (Å²) in [4.78, 5) is 0. The number of hydrazone groups is 1. The number of halogens is 1. The third kappa shape index (κ3) is 8.75. The zero-order valence-corrected chi connectivity index (χ0v) is 13.4. The van der Waals surface area contributed by atoms with E-state index >= 15 is 0 Å². The highest BCUT2D eigenvalue weighted by molar-refractivity contribution is 6.30. The fourth-order valence-electron chi connectivity index (χ4n) is 1.45. The minimum atomic E-state index is -0.286. The van der Waals surface area contributed by atoms with Gasteiger partial charge in [0.15, 0.2) is 0 Å². The van der Waals surface area contributed by atoms with Crippen LogP contribution in [0.5, 0.6) is 0 Å². The summed E-state index contributed by atoms with van der Waals surface area (Å²) < 4.78 is 0. The van der Waals surface area contributed by atoms with Crippen molar-refractivity contribution in [3.63, 3.8) is 0 Å². The molecule has 21 heavy (non-hydrogen) atoms. The predicted molar refractivity (Wildman–Crippen MR) is 91.5 cm³/mol. The molecule has 0 radical (unpaired) electrons. The van der Waals surface area contributed by atoms with Crippen molar-refractivity contribution in [1.82, 2.24) is 0 Å². The van der Waals surface area contributed by atoms with Gasteiger partial charge in [0.05, 0.1) is 5.69 Å². The number of anilines is 1. The summed E-state index contributed by atoms with van der Waals surface area (Å²) >= 11 is 5.71. The first kappa shape index (κ1) is 19.1. The van der Waals surface area contributed by atoms with Gasteiger partial charge >= 0.3 is 0 Å². The maximum atomic E-state index is 7.29. The van der Waals surface area contributed by atoms with Gasteiger partial charge in [-0.3, -0.25) is 5.41 Å². The molecule has 1 aromatic carbocycles. The zero-order valence-electron chi connectivity index (χ0n) is 12.6. The summed E-state index contributed by atoms with van der Waals surface area (Å²) in [6.07, 6.45) is 5.54. The smallest absolute Gasteiger partial charge is 0.214 e. The van der Waals surface area contributed by atoms with Crippen molar-refractivity contribution >= 4 is 29.2 Å². The number of nitrogens with two attached hydrogens (primary N) is 3. The monoisotopic (exact) mass is 312 g/mol. The van der Waals surface area contributed by atoms with Crippen molar-refractivity contribution in [1.29, 1.82) is 5.41 Å². The molecule has 0 saturated carbocycles. The summed E-state index contributed by atoms with van der Waals surface area (Å²) in [5.74, 6) is -0.467. The Hall–Kier alpha value is -1.95. The van der Waals surface area contributed by atoms with E-state index in [9.17, 15) is 0 Å². The van der Waals surface area contributed by atoms with Crippen molar-refractivity contribution in [2.45, 2.75) is 39.5 Å². The van der Waals surface area contributed by atoms with Crippen LogP contribution in [0.1, 0.15) is 39.5 Å². The number of unbranched alkanes of at least 4 members (excludes halogenated alkanes) is 3. The van der Waals surface area contributed by atoms with Gasteiger partial charge < -0.3 is 17.2 Å². The minimum absolute atomic E-state index is 0.180. The second-order valence-corrected chi connectivity index (χ2v) is 4.84. The Balaban J connectivity index is 0.000000567. The van der Waals surface area contributed by atoms with E-state index in [4.69, 9.17) is 34.2 Å². The molecule has 0 bridgehead atoms. The Morgan fingerprint density at radius 2 is 1.57 bits per heavy atom. The number of rotatable bonds is 5. The molecular formula is C14H25ClN6. The molecule has 0 unspecified atom stereocenters. The average molecular weight is 313 g/mol. The fourth-order valence-corrected chi connectivity index (χ4v) is 1.57. The van der Waals surface area contributed by atoms with Crippen LogP contribution in [0.15, 0.2) is 29.4 Å². The van der Waals surface area contributed by atoms with E-state index in [2.05, 4.69) is 18.9 Å². The van der Waals surface area contributed by atoms with E-state index in [1.54, 1.807) is 24.3 Å². The molecule has 7 N–H and O–H groups in total. The van der Waals surface area contributed by atoms with Crippen LogP contribution in [0.25, 0.3) is 0 Å². The highest BCUT2D eigenvalue weighted by atomic mass is 35.5. The number of benzene rings is 1. The van der Waals surface area contributed by atoms with Gasteiger partial charge in [-0.25, -0.2) is 0 Å². The Labute approximate surface area is 131 Å². The van der Waals surface area contributed by atoms with E-state index < -0.39 is 0 Å². The lowest BCUT2D eigenvalue weighted by Crippen LogP contribution is -2.36. The molecule has 118 valence electrons. The quantitative estimate of drug-likeness (QED) is 0.289. The molecule has 0 spiro atoms. The molecule has 1 aromatic rings. The summed E-state index contributed by atoms with van der Waals surface area (Å²) in [6, 6.07) is 6.59. The van der Waals surface area contributed by atoms with Gasteiger partial charge in [0, 0.05) is 5.02 Å². The lowest BCUT2D eigenvalue weighted by atomic mass is 10.2. The molecule has 0 aliphatic carbocycles. The Morgan fingerprint density at radius 3 is 1.90 bits per heavy atom. The molecule has 0 aliphatic heterocycles. The molecule has 0 atom stereocenters. The third-order valence-electron chi connectivity index (χ3n) is 2.47. The van der Waals surface area contributed by atoms with Crippen molar-refractivity contribution in [2.75, 3.05) is 5.01 Å². The molecule has 7 heteroatoms. The lowest BCUT2D eigenvalue weighted by molar-refractivity contribution is 0.702. The standard InChI is InChI=1S/C8H11ClN6.C6H14/c9-5-1-3-6(4-2-5)15(8(12)13)14-7(10)11;1-3-5-6-4-2/h1-4H,(H3,12,13)(H4,10,11,14);3-6H2,1-2H3. The first-order valence-electron chi connectivity index (χ1n) is 6.91. The van der Waals surface area contributed by atoms with Crippen molar-refractivity contribution in [3.05, 3.63) is 29.3 Å². The molecule has 0 aromatic heterocycles. The molecule has 0 amide bonds. The molecule has 6 nitrogen and oxygen atoms in total. The van der Waals surface area contributed by atoms with Gasteiger partial charge in [-0.15, -0.1) is 5.10 Å². The summed E-state index contributed by atoms with van der Waals surface area (Å²) in [5.41, 5.74) is 16.3. The first-order chi connectivity index (χ1) is 9.92. The van der Waals surface area contributed by atoms with Crippen LogP contribution in [-0.4, -0.2) is 11.9 Å². The maximum absolute atomic E-state index is 7.29. The molecule has 0 fully saturated rings. The summed E-state index contributed by atoms with van der Waals surface area (Å²) in [5, 5.41) is 12.7. The van der Waals surface area contributed by atoms with E-state index in [1.165, 1.54) is 25.7 Å². The van der Waals surface area contributed by atoms with Gasteiger partial charge in [-0.2, -0.15) is 5.01 Å². The molecular weight excluding hydrogens is 288 g/mol. The number of guanidine groups is 2. The molecule has 1 rings (SSSR count). The van der Waals surface area contributed by atoms with Gasteiger partial charge in [0.2, 0.25) is 11.9 Å². The Bertz CT molecular complexity index is 435. The number of nitrogens with zero attached hydrogens (tertiary/aromatic N) is 2. The number of hydrogen-bond donors (Lipinski definition) is 4. The molecule has 0 heterocycles. The number of hydrogen-bond acceptors (Lipinski definition) is 2. The predicted octanol–water partition coefficient (Wildman–Crippen LogP) is 2.81. The first-order valence-corrected chi connectivity index (χ1v) is 7.29. The van der Waals surface area contributed by atoms with Crippen LogP contribution < -0.4 is 22.2 Å². The summed E-state index contributed by atoms with van der Waals surface area (Å²) in [7, 11) is 0. The van der Waals surface area contributed by atoms with Crippen molar-refractivity contribution in [2.24, 2.45) is 22.3 Å². The van der Waals surface area contributed by atoms with E-state index in [-0.39, 0.29) is 11.9 Å². The van der Waals surface area contributed by atoms with Crippen LogP contribution in [0, 0.1) is 5.41 Å². The van der Waals surface area contributed by atoms with Crippen LogP contribution in [0.2, 0.25) is 5.02 Å². The van der Waals surface area contributed by atoms with E-state index in [0.29, 0.717) is 10.7 Å². The van der Waals surface area contributed by atoms with E-state index in [1.807, 2.05) is 0 Å². The van der Waals surface area contributed by atoms with Crippen molar-refractivity contribution in [3.8, 4) is 0 Å². The van der Waals surface area contributed by atoms with Gasteiger partial charge in [0.25, 0.3) is 0 Å². The molecule has 0 saturated heterocycles. The van der Waals surface area contributed by atoms with Gasteiger partial charge in [-0.1, -0.05) is 51.1 Å². The third-order valence-corrected chi connectivity index (χ3v) is 2.72. The fraction of sp³-hybridized carbons (Fsp3) is 0.429. The minimum Gasteiger partial charge on any atom is -0.369 e. The maximum Gasteiger partial charge on any atom is 0.214 e. The van der Waals surface area contributed by atoms with Crippen molar-refractivity contribution < 1.29 is 0 Å². The summed E-state index contributed by atoms with van der Waals surface area (Å²) in [6.45, 7) is 4.46. The topological polar surface area (TPSA) is 118 Å². The van der Waals surface area contributed by atoms with Crippen LogP contribution in [0.3, 0.4) is 0 Å². The lowest BCUT2D eigenvalue weighted by Gasteiger charge is -2.16. The highest BCUT2D eigenvalue weighted by Gasteiger charge is 2.08. The SMILES string of the molecule is CCCCCC.N=C(N)N(N=C(N)N)c1ccc(Cl)cc1. The van der Waals surface area contributed by atoms with Crippen LogP contribution >= 0.6 is 11.6 Å².